The van der Waals surface area contributed by atoms with Gasteiger partial charge < -0.3 is 9.84 Å². The van der Waals surface area contributed by atoms with Crippen molar-refractivity contribution in [2.75, 3.05) is 6.61 Å². The Kier molecular flexibility index (Phi) is 4.80. The topological polar surface area (TPSA) is 29.5 Å². The summed E-state index contributed by atoms with van der Waals surface area (Å²) < 4.78 is 5.68. The molecule has 0 aliphatic rings. The number of rotatable bonds is 5. The van der Waals surface area contributed by atoms with Gasteiger partial charge in [0.15, 0.2) is 0 Å². The minimum absolute atomic E-state index is 0.472. The van der Waals surface area contributed by atoms with Crippen LogP contribution in [0.25, 0.3) is 0 Å². The number of hydrogen-bond acceptors (Lipinski definition) is 2. The lowest BCUT2D eigenvalue weighted by molar-refractivity contribution is 0.140. The van der Waals surface area contributed by atoms with Crippen LogP contribution in [0.5, 0.6) is 5.75 Å². The van der Waals surface area contributed by atoms with Crippen molar-refractivity contribution >= 4 is 0 Å². The van der Waals surface area contributed by atoms with Crippen molar-refractivity contribution in [3.8, 4) is 5.75 Å². The molecule has 0 bridgehead atoms. The van der Waals surface area contributed by atoms with E-state index in [0.29, 0.717) is 13.0 Å². The normalized spacial score (nSPS) is 12.2. The Balaban J connectivity index is 1.90. The molecule has 0 aromatic heterocycles. The highest BCUT2D eigenvalue weighted by molar-refractivity contribution is 5.32. The second-order valence-electron chi connectivity index (χ2n) is 5.33. The summed E-state index contributed by atoms with van der Waals surface area (Å²) in [6, 6.07) is 14.1. The first kappa shape index (κ1) is 14.6. The Hall–Kier alpha value is -1.80. The van der Waals surface area contributed by atoms with Crippen molar-refractivity contribution in [3.63, 3.8) is 0 Å². The maximum atomic E-state index is 10.2. The first-order valence-electron chi connectivity index (χ1n) is 7.01. The molecule has 0 amide bonds. The van der Waals surface area contributed by atoms with Gasteiger partial charge in [-0.15, -0.1) is 0 Å². The first-order chi connectivity index (χ1) is 9.56. The van der Waals surface area contributed by atoms with Gasteiger partial charge in [0.25, 0.3) is 0 Å². The molecule has 0 heterocycles. The quantitative estimate of drug-likeness (QED) is 0.885. The van der Waals surface area contributed by atoms with Crippen molar-refractivity contribution in [1.82, 2.24) is 0 Å². The van der Waals surface area contributed by atoms with Crippen molar-refractivity contribution in [3.05, 3.63) is 64.7 Å². The highest BCUT2D eigenvalue weighted by Crippen LogP contribution is 2.22. The molecule has 2 aromatic carbocycles. The standard InChI is InChI=1S/C18H22O2/c1-13-5-4-6-16(12-13)20-10-9-18(19)17-8-7-14(2)11-15(17)3/h4-8,11-12,18-19H,9-10H2,1-3H3. The Bertz CT molecular complexity index is 575. The zero-order chi connectivity index (χ0) is 14.5. The number of aryl methyl sites for hydroxylation is 3. The summed E-state index contributed by atoms with van der Waals surface area (Å²) in [5.41, 5.74) is 4.52. The van der Waals surface area contributed by atoms with Crippen molar-refractivity contribution in [2.45, 2.75) is 33.3 Å². The molecule has 0 radical (unpaired) electrons. The third-order valence-electron chi connectivity index (χ3n) is 3.43. The van der Waals surface area contributed by atoms with Crippen LogP contribution in [-0.4, -0.2) is 11.7 Å². The van der Waals surface area contributed by atoms with E-state index in [1.807, 2.05) is 50.2 Å². The van der Waals surface area contributed by atoms with E-state index in [9.17, 15) is 5.11 Å². The maximum absolute atomic E-state index is 10.2. The van der Waals surface area contributed by atoms with Crippen LogP contribution in [0.2, 0.25) is 0 Å². The summed E-state index contributed by atoms with van der Waals surface area (Å²) in [6.45, 7) is 6.65. The van der Waals surface area contributed by atoms with Crippen LogP contribution in [-0.2, 0) is 0 Å². The predicted octanol–water partition coefficient (Wildman–Crippen LogP) is 4.11. The largest absolute Gasteiger partial charge is 0.493 e. The molecular formula is C18H22O2. The molecule has 1 unspecified atom stereocenters. The van der Waals surface area contributed by atoms with E-state index in [1.165, 1.54) is 11.1 Å². The van der Waals surface area contributed by atoms with Crippen LogP contribution in [0, 0.1) is 20.8 Å². The van der Waals surface area contributed by atoms with E-state index in [-0.39, 0.29) is 0 Å². The van der Waals surface area contributed by atoms with Gasteiger partial charge in [-0.05, 0) is 49.6 Å². The number of aliphatic hydroxyl groups excluding tert-OH is 1. The van der Waals surface area contributed by atoms with E-state index in [1.54, 1.807) is 0 Å². The molecule has 1 N–H and O–H groups in total. The maximum Gasteiger partial charge on any atom is 0.119 e. The molecule has 20 heavy (non-hydrogen) atoms. The summed E-state index contributed by atoms with van der Waals surface area (Å²) in [5, 5.41) is 10.2. The fraction of sp³-hybridized carbons (Fsp3) is 0.333. The number of hydrogen-bond donors (Lipinski definition) is 1. The van der Waals surface area contributed by atoms with Gasteiger partial charge in [-0.2, -0.15) is 0 Å². The smallest absolute Gasteiger partial charge is 0.119 e. The predicted molar refractivity (Wildman–Crippen MR) is 82.2 cm³/mol. The molecule has 0 spiro atoms. The molecule has 106 valence electrons. The monoisotopic (exact) mass is 270 g/mol. The van der Waals surface area contributed by atoms with Gasteiger partial charge in [0.05, 0.1) is 12.7 Å². The molecule has 1 atom stereocenters. The second kappa shape index (κ2) is 6.58. The molecule has 0 saturated heterocycles. The van der Waals surface area contributed by atoms with E-state index in [2.05, 4.69) is 13.0 Å². The number of ether oxygens (including phenoxy) is 1. The lowest BCUT2D eigenvalue weighted by Gasteiger charge is -2.15. The van der Waals surface area contributed by atoms with Crippen LogP contribution < -0.4 is 4.74 Å². The minimum atomic E-state index is -0.472. The molecule has 0 aliphatic heterocycles. The first-order valence-corrected chi connectivity index (χ1v) is 7.01. The zero-order valence-electron chi connectivity index (χ0n) is 12.4. The SMILES string of the molecule is Cc1cccc(OCCC(O)c2ccc(C)cc2C)c1. The summed E-state index contributed by atoms with van der Waals surface area (Å²) in [5.74, 6) is 0.859. The molecule has 2 rings (SSSR count). The molecule has 0 aliphatic carbocycles. The highest BCUT2D eigenvalue weighted by Gasteiger charge is 2.10. The van der Waals surface area contributed by atoms with Crippen molar-refractivity contribution in [2.24, 2.45) is 0 Å². The van der Waals surface area contributed by atoms with E-state index >= 15 is 0 Å². The summed E-state index contributed by atoms with van der Waals surface area (Å²) in [7, 11) is 0. The third-order valence-corrected chi connectivity index (χ3v) is 3.43. The molecular weight excluding hydrogens is 248 g/mol. The minimum Gasteiger partial charge on any atom is -0.493 e. The highest BCUT2D eigenvalue weighted by atomic mass is 16.5. The lowest BCUT2D eigenvalue weighted by Crippen LogP contribution is -2.07. The molecule has 2 heteroatoms. The molecule has 0 fully saturated rings. The van der Waals surface area contributed by atoms with Gasteiger partial charge in [0, 0.05) is 6.42 Å². The van der Waals surface area contributed by atoms with Gasteiger partial charge in [-0.1, -0.05) is 35.9 Å². The Morgan fingerprint density at radius 3 is 2.45 bits per heavy atom. The Labute approximate surface area is 121 Å². The van der Waals surface area contributed by atoms with Crippen LogP contribution in [0.1, 0.15) is 34.8 Å². The average molecular weight is 270 g/mol. The van der Waals surface area contributed by atoms with Crippen LogP contribution in [0.15, 0.2) is 42.5 Å². The van der Waals surface area contributed by atoms with Crippen LogP contribution in [0.3, 0.4) is 0 Å². The lowest BCUT2D eigenvalue weighted by atomic mass is 9.99. The molecule has 0 saturated carbocycles. The average Bonchev–Trinajstić information content (AvgIpc) is 2.38. The zero-order valence-corrected chi connectivity index (χ0v) is 12.4. The molecule has 2 aromatic rings. The van der Waals surface area contributed by atoms with Gasteiger partial charge in [0.2, 0.25) is 0 Å². The third kappa shape index (κ3) is 3.84. The Morgan fingerprint density at radius 2 is 1.75 bits per heavy atom. The second-order valence-corrected chi connectivity index (χ2v) is 5.33. The van der Waals surface area contributed by atoms with Gasteiger partial charge in [-0.3, -0.25) is 0 Å². The van der Waals surface area contributed by atoms with E-state index in [0.717, 1.165) is 16.9 Å². The fourth-order valence-electron chi connectivity index (χ4n) is 2.35. The summed E-state index contributed by atoms with van der Waals surface area (Å²) in [6.07, 6.45) is 0.123. The van der Waals surface area contributed by atoms with Crippen molar-refractivity contribution < 1.29 is 9.84 Å². The van der Waals surface area contributed by atoms with E-state index < -0.39 is 6.10 Å². The number of aliphatic hydroxyl groups is 1. The van der Waals surface area contributed by atoms with Gasteiger partial charge in [-0.25, -0.2) is 0 Å². The Morgan fingerprint density at radius 1 is 1.00 bits per heavy atom. The molecule has 2 nitrogen and oxygen atoms in total. The fourth-order valence-corrected chi connectivity index (χ4v) is 2.35. The van der Waals surface area contributed by atoms with Crippen LogP contribution >= 0.6 is 0 Å². The van der Waals surface area contributed by atoms with Gasteiger partial charge in [0.1, 0.15) is 5.75 Å². The van der Waals surface area contributed by atoms with Gasteiger partial charge >= 0.3 is 0 Å². The van der Waals surface area contributed by atoms with Crippen molar-refractivity contribution in [1.29, 1.82) is 0 Å². The summed E-state index contributed by atoms with van der Waals surface area (Å²) >= 11 is 0. The summed E-state index contributed by atoms with van der Waals surface area (Å²) in [4.78, 5) is 0. The number of benzene rings is 2. The van der Waals surface area contributed by atoms with E-state index in [4.69, 9.17) is 4.74 Å². The van der Waals surface area contributed by atoms with Crippen LogP contribution in [0.4, 0.5) is 0 Å².